The Balaban J connectivity index is 1.62. The first-order valence-corrected chi connectivity index (χ1v) is 9.30. The Bertz CT molecular complexity index is 869. The van der Waals surface area contributed by atoms with E-state index in [-0.39, 0.29) is 24.4 Å². The zero-order valence-electron chi connectivity index (χ0n) is 13.6. The van der Waals surface area contributed by atoms with Gasteiger partial charge in [0.2, 0.25) is 0 Å². The molecule has 1 aliphatic carbocycles. The minimum Gasteiger partial charge on any atom is -0.455 e. The fraction of sp³-hybridized carbons (Fsp3) is 0.263. The van der Waals surface area contributed by atoms with E-state index in [1.165, 1.54) is 0 Å². The van der Waals surface area contributed by atoms with Crippen LogP contribution in [0.25, 0.3) is 0 Å². The van der Waals surface area contributed by atoms with Gasteiger partial charge in [-0.15, -0.1) is 0 Å². The molecule has 0 saturated heterocycles. The fourth-order valence-corrected chi connectivity index (χ4v) is 4.16. The van der Waals surface area contributed by atoms with Crippen molar-refractivity contribution in [2.75, 3.05) is 11.5 Å². The van der Waals surface area contributed by atoms with E-state index in [1.54, 1.807) is 28.8 Å². The summed E-state index contributed by atoms with van der Waals surface area (Å²) in [6.07, 6.45) is 0.842. The van der Waals surface area contributed by atoms with Crippen molar-refractivity contribution in [1.29, 1.82) is 0 Å². The molecular weight excluding hydrogens is 358 g/mol. The number of carbonyl (C=O) groups excluding carboxylic acids is 2. The summed E-state index contributed by atoms with van der Waals surface area (Å²) in [7, 11) is 0. The molecule has 1 amide bonds. The molecule has 0 aromatic heterocycles. The Morgan fingerprint density at radius 2 is 1.92 bits per heavy atom. The molecule has 0 bridgehead atoms. The first-order valence-electron chi connectivity index (χ1n) is 8.10. The van der Waals surface area contributed by atoms with Crippen LogP contribution in [0.4, 0.5) is 11.4 Å². The molecule has 1 saturated carbocycles. The number of anilines is 2. The van der Waals surface area contributed by atoms with Gasteiger partial charge in [0, 0.05) is 14.8 Å². The zero-order valence-corrected chi connectivity index (χ0v) is 15.1. The summed E-state index contributed by atoms with van der Waals surface area (Å²) in [5, 5.41) is 0.556. The van der Waals surface area contributed by atoms with Crippen LogP contribution in [0.5, 0.6) is 0 Å². The third-order valence-electron chi connectivity index (χ3n) is 4.49. The van der Waals surface area contributed by atoms with Gasteiger partial charge >= 0.3 is 5.97 Å². The highest BCUT2D eigenvalue weighted by molar-refractivity contribution is 7.99. The van der Waals surface area contributed by atoms with Crippen molar-refractivity contribution < 1.29 is 14.3 Å². The van der Waals surface area contributed by atoms with Gasteiger partial charge in [-0.3, -0.25) is 14.5 Å². The second kappa shape index (κ2) is 6.39. The summed E-state index contributed by atoms with van der Waals surface area (Å²) in [6.45, 7) is 1.73. The Morgan fingerprint density at radius 1 is 1.20 bits per heavy atom. The van der Waals surface area contributed by atoms with Crippen molar-refractivity contribution in [3.05, 3.63) is 47.5 Å². The summed E-state index contributed by atoms with van der Waals surface area (Å²) < 4.78 is 5.24. The molecule has 4 nitrogen and oxygen atoms in total. The number of ether oxygens (including phenoxy) is 1. The Labute approximate surface area is 155 Å². The molecule has 4 rings (SSSR count). The molecule has 128 valence electrons. The number of hydrogen-bond donors (Lipinski definition) is 0. The van der Waals surface area contributed by atoms with Gasteiger partial charge in [0.15, 0.2) is 6.61 Å². The molecule has 0 radical (unpaired) electrons. The van der Waals surface area contributed by atoms with Crippen molar-refractivity contribution in [3.63, 3.8) is 0 Å². The number of nitrogens with zero attached hydrogens (tertiary/aromatic N) is 1. The molecule has 1 aliphatic heterocycles. The predicted octanol–water partition coefficient (Wildman–Crippen LogP) is 4.67. The van der Waals surface area contributed by atoms with Crippen molar-refractivity contribution >= 4 is 46.6 Å². The maximum absolute atomic E-state index is 12.9. The number of halogens is 1. The third kappa shape index (κ3) is 3.14. The molecule has 2 aromatic carbocycles. The molecule has 0 N–H and O–H groups in total. The van der Waals surface area contributed by atoms with Crippen LogP contribution in [-0.4, -0.2) is 18.5 Å². The SMILES string of the molecule is C[C@H]1C[C@H]1C(=O)OCC(=O)N1c2ccccc2Sc2ccc(Cl)cc21. The summed E-state index contributed by atoms with van der Waals surface area (Å²) in [6, 6.07) is 13.1. The standard InChI is InChI=1S/C19H16ClNO3S/c1-11-8-13(11)19(23)24-10-18(22)21-14-4-2-3-5-16(14)25-17-7-6-12(20)9-15(17)21/h2-7,9,11,13H,8,10H2,1H3/t11-,13+/m0/s1. The van der Waals surface area contributed by atoms with Crippen LogP contribution in [0, 0.1) is 11.8 Å². The molecule has 2 aliphatic rings. The van der Waals surface area contributed by atoms with Crippen molar-refractivity contribution in [1.82, 2.24) is 0 Å². The van der Waals surface area contributed by atoms with Crippen molar-refractivity contribution in [2.45, 2.75) is 23.1 Å². The number of esters is 1. The minimum atomic E-state index is -0.285. The molecule has 2 aromatic rings. The van der Waals surface area contributed by atoms with Gasteiger partial charge in [-0.25, -0.2) is 0 Å². The molecule has 0 unspecified atom stereocenters. The third-order valence-corrected chi connectivity index (χ3v) is 5.85. The van der Waals surface area contributed by atoms with Crippen LogP contribution in [-0.2, 0) is 14.3 Å². The highest BCUT2D eigenvalue weighted by Gasteiger charge is 2.41. The summed E-state index contributed by atoms with van der Waals surface area (Å²) in [5.41, 5.74) is 1.50. The van der Waals surface area contributed by atoms with E-state index < -0.39 is 0 Å². The topological polar surface area (TPSA) is 46.6 Å². The molecule has 0 spiro atoms. The first-order chi connectivity index (χ1) is 12.0. The van der Waals surface area contributed by atoms with Gasteiger partial charge < -0.3 is 4.74 Å². The predicted molar refractivity (Wildman–Crippen MR) is 97.4 cm³/mol. The molecule has 1 fully saturated rings. The number of amides is 1. The quantitative estimate of drug-likeness (QED) is 0.733. The summed E-state index contributed by atoms with van der Waals surface area (Å²) in [4.78, 5) is 28.3. The van der Waals surface area contributed by atoms with Crippen LogP contribution in [0.3, 0.4) is 0 Å². The lowest BCUT2D eigenvalue weighted by Gasteiger charge is -2.31. The fourth-order valence-electron chi connectivity index (χ4n) is 2.95. The number of carbonyl (C=O) groups is 2. The minimum absolute atomic E-state index is 0.0567. The normalized spacial score (nSPS) is 20.5. The smallest absolute Gasteiger partial charge is 0.309 e. The molecular formula is C19H16ClNO3S. The van der Waals surface area contributed by atoms with Gasteiger partial charge in [-0.1, -0.05) is 42.4 Å². The largest absolute Gasteiger partial charge is 0.455 e. The second-order valence-corrected chi connectivity index (χ2v) is 7.86. The van der Waals surface area contributed by atoms with Gasteiger partial charge in [-0.05, 0) is 42.7 Å². The van der Waals surface area contributed by atoms with Crippen LogP contribution in [0.15, 0.2) is 52.3 Å². The number of hydrogen-bond acceptors (Lipinski definition) is 4. The molecule has 6 heteroatoms. The van der Waals surface area contributed by atoms with E-state index >= 15 is 0 Å². The first kappa shape index (κ1) is 16.5. The van der Waals surface area contributed by atoms with Gasteiger partial charge in [-0.2, -0.15) is 0 Å². The van der Waals surface area contributed by atoms with E-state index in [1.807, 2.05) is 37.3 Å². The molecule has 2 atom stereocenters. The van der Waals surface area contributed by atoms with Gasteiger partial charge in [0.25, 0.3) is 5.91 Å². The Kier molecular flexibility index (Phi) is 4.21. The number of rotatable bonds is 3. The molecule has 25 heavy (non-hydrogen) atoms. The van der Waals surface area contributed by atoms with Crippen molar-refractivity contribution in [3.8, 4) is 0 Å². The van der Waals surface area contributed by atoms with Crippen LogP contribution < -0.4 is 4.90 Å². The average molecular weight is 374 g/mol. The number of benzene rings is 2. The van der Waals surface area contributed by atoms with Gasteiger partial charge in [0.05, 0.1) is 17.3 Å². The average Bonchev–Trinajstić information content (AvgIpc) is 3.34. The lowest BCUT2D eigenvalue weighted by molar-refractivity contribution is -0.149. The summed E-state index contributed by atoms with van der Waals surface area (Å²) in [5.74, 6) is -0.266. The highest BCUT2D eigenvalue weighted by Crippen LogP contribution is 2.48. The van der Waals surface area contributed by atoms with E-state index in [0.717, 1.165) is 27.6 Å². The summed E-state index contributed by atoms with van der Waals surface area (Å²) >= 11 is 7.73. The van der Waals surface area contributed by atoms with E-state index in [9.17, 15) is 9.59 Å². The van der Waals surface area contributed by atoms with Crippen LogP contribution >= 0.6 is 23.4 Å². The second-order valence-electron chi connectivity index (χ2n) is 6.34. The van der Waals surface area contributed by atoms with Crippen molar-refractivity contribution in [2.24, 2.45) is 11.8 Å². The Hall–Kier alpha value is -1.98. The van der Waals surface area contributed by atoms with Crippen LogP contribution in [0.1, 0.15) is 13.3 Å². The lowest BCUT2D eigenvalue weighted by atomic mass is 10.2. The van der Waals surface area contributed by atoms with E-state index in [4.69, 9.17) is 16.3 Å². The van der Waals surface area contributed by atoms with E-state index in [2.05, 4.69) is 0 Å². The lowest BCUT2D eigenvalue weighted by Crippen LogP contribution is -2.32. The zero-order chi connectivity index (χ0) is 17.6. The molecule has 1 heterocycles. The highest BCUT2D eigenvalue weighted by atomic mass is 35.5. The Morgan fingerprint density at radius 3 is 2.68 bits per heavy atom. The maximum atomic E-state index is 12.9. The van der Waals surface area contributed by atoms with Crippen LogP contribution in [0.2, 0.25) is 5.02 Å². The maximum Gasteiger partial charge on any atom is 0.309 e. The van der Waals surface area contributed by atoms with Gasteiger partial charge in [0.1, 0.15) is 0 Å². The number of para-hydroxylation sites is 1. The number of fused-ring (bicyclic) bond motifs is 2. The monoisotopic (exact) mass is 373 g/mol. The van der Waals surface area contributed by atoms with E-state index in [0.29, 0.717) is 10.9 Å².